The van der Waals surface area contributed by atoms with Crippen LogP contribution in [0.3, 0.4) is 0 Å². The Kier molecular flexibility index (Phi) is 24.5. The Morgan fingerprint density at radius 1 is 0.216 bits per heavy atom. The molecule has 0 heterocycles. The van der Waals surface area contributed by atoms with Crippen LogP contribution >= 0.6 is 0 Å². The van der Waals surface area contributed by atoms with Crippen molar-refractivity contribution in [3.63, 3.8) is 0 Å². The van der Waals surface area contributed by atoms with E-state index in [0.29, 0.717) is 16.7 Å². The molecule has 0 spiro atoms. The van der Waals surface area contributed by atoms with Gasteiger partial charge in [-0.05, 0) is 86.5 Å². The Morgan fingerprint density at radius 2 is 0.378 bits per heavy atom. The van der Waals surface area contributed by atoms with E-state index in [9.17, 15) is 14.4 Å². The summed E-state index contributed by atoms with van der Waals surface area (Å²) in [5, 5.41) is 0. The number of carbonyl (C=O) groups is 3. The molecule has 0 amide bonds. The van der Waals surface area contributed by atoms with Gasteiger partial charge < -0.3 is 0 Å². The normalized spacial score (nSPS) is 11.3. The zero-order chi connectivity index (χ0) is 49.8. The molecule has 9 aromatic rings. The quantitative estimate of drug-likeness (QED) is 0.0584. The first kappa shape index (κ1) is 56.7. The molecule has 0 N–H and O–H groups in total. The number of ketones is 3. The molecular formula is C69H54O3Pd2. The van der Waals surface area contributed by atoms with Crippen LogP contribution in [0.25, 0.3) is 53.2 Å². The van der Waals surface area contributed by atoms with E-state index in [4.69, 9.17) is 0 Å². The van der Waals surface area contributed by atoms with Gasteiger partial charge in [0.1, 0.15) is 0 Å². The van der Waals surface area contributed by atoms with Crippen molar-refractivity contribution in [3.8, 4) is 0 Å². The van der Waals surface area contributed by atoms with E-state index in [2.05, 4.69) is 0 Å². The van der Waals surface area contributed by atoms with Gasteiger partial charge in [-0.25, -0.2) is 0 Å². The smallest absolute Gasteiger partial charge is 0.186 e. The maximum absolute atomic E-state index is 12.8. The molecule has 74 heavy (non-hydrogen) atoms. The first-order chi connectivity index (χ1) is 35.5. The van der Waals surface area contributed by atoms with Gasteiger partial charge >= 0.3 is 0 Å². The van der Waals surface area contributed by atoms with E-state index in [1.54, 1.807) is 18.2 Å². The van der Waals surface area contributed by atoms with E-state index in [1.807, 2.05) is 309 Å². The van der Waals surface area contributed by atoms with Crippen LogP contribution in [0.1, 0.15) is 50.1 Å². The summed E-state index contributed by atoms with van der Waals surface area (Å²) < 4.78 is 0. The summed E-state index contributed by atoms with van der Waals surface area (Å²) >= 11 is 0. The van der Waals surface area contributed by atoms with E-state index in [0.717, 1.165) is 50.1 Å². The zero-order valence-electron chi connectivity index (χ0n) is 40.5. The first-order valence-corrected chi connectivity index (χ1v) is 23.8. The molecule has 9 rings (SSSR count). The fourth-order valence-electron chi connectivity index (χ4n) is 7.37. The van der Waals surface area contributed by atoms with Gasteiger partial charge in [0.2, 0.25) is 0 Å². The van der Waals surface area contributed by atoms with Crippen LogP contribution < -0.4 is 0 Å². The Labute approximate surface area is 463 Å². The van der Waals surface area contributed by atoms with Crippen LogP contribution in [0.5, 0.6) is 0 Å². The molecule has 0 bridgehead atoms. The molecule has 0 saturated heterocycles. The molecule has 368 valence electrons. The maximum Gasteiger partial charge on any atom is 0.186 e. The van der Waals surface area contributed by atoms with Crippen molar-refractivity contribution in [3.05, 3.63) is 341 Å². The number of benzene rings is 9. The van der Waals surface area contributed by atoms with Crippen molar-refractivity contribution in [2.75, 3.05) is 0 Å². The van der Waals surface area contributed by atoms with Crippen LogP contribution in [-0.4, -0.2) is 17.3 Å². The van der Waals surface area contributed by atoms with Gasteiger partial charge in [-0.3, -0.25) is 14.4 Å². The molecule has 0 aliphatic carbocycles. The largest absolute Gasteiger partial charge is 0.289 e. The Morgan fingerprint density at radius 3 is 0.568 bits per heavy atom. The molecule has 0 unspecified atom stereocenters. The van der Waals surface area contributed by atoms with Gasteiger partial charge in [0.15, 0.2) is 17.3 Å². The summed E-state index contributed by atoms with van der Waals surface area (Å²) in [5.74, 6) is -0.0169. The first-order valence-electron chi connectivity index (χ1n) is 23.8. The molecule has 0 aromatic heterocycles. The Bertz CT molecular complexity index is 2900. The fraction of sp³-hybridized carbons (Fsp3) is 0. The van der Waals surface area contributed by atoms with Gasteiger partial charge in [-0.15, -0.1) is 0 Å². The fourth-order valence-corrected chi connectivity index (χ4v) is 7.37. The van der Waals surface area contributed by atoms with E-state index >= 15 is 0 Å². The van der Waals surface area contributed by atoms with Crippen molar-refractivity contribution in [1.82, 2.24) is 0 Å². The van der Waals surface area contributed by atoms with Crippen LogP contribution in [0.2, 0.25) is 0 Å². The second-order valence-corrected chi connectivity index (χ2v) is 16.3. The molecule has 5 heteroatoms. The van der Waals surface area contributed by atoms with E-state index in [1.165, 1.54) is 0 Å². The number of allylic oxidation sites excluding steroid dienone is 6. The van der Waals surface area contributed by atoms with Crippen LogP contribution in [0.15, 0.2) is 291 Å². The van der Waals surface area contributed by atoms with E-state index in [-0.39, 0.29) is 58.2 Å². The minimum absolute atomic E-state index is 0. The number of hydrogen-bond donors (Lipinski definition) is 0. The second-order valence-electron chi connectivity index (χ2n) is 16.3. The van der Waals surface area contributed by atoms with Crippen LogP contribution in [0.4, 0.5) is 0 Å². The average Bonchev–Trinajstić information content (AvgIpc) is 3.46. The molecule has 0 atom stereocenters. The van der Waals surface area contributed by atoms with Crippen molar-refractivity contribution >= 4 is 70.5 Å². The number of hydrogen-bond acceptors (Lipinski definition) is 3. The third kappa shape index (κ3) is 19.1. The summed E-state index contributed by atoms with van der Waals surface area (Å²) in [7, 11) is 0. The standard InChI is InChI=1S/3C23H18O.2Pd/c3*24-23(17-16-19-10-4-1-5-11-19)22(21-14-8-3-9-15-21)18-20-12-6-2-7-13-20;;/h3*1-18H;;. The molecule has 3 nitrogen and oxygen atoms in total. The van der Waals surface area contributed by atoms with Gasteiger partial charge in [0.05, 0.1) is 0 Å². The minimum Gasteiger partial charge on any atom is -0.289 e. The van der Waals surface area contributed by atoms with Gasteiger partial charge in [0, 0.05) is 57.6 Å². The summed E-state index contributed by atoms with van der Waals surface area (Å²) in [6.07, 6.45) is 16.3. The molecular weight excluding hydrogens is 1090 g/mol. The molecule has 0 saturated carbocycles. The van der Waals surface area contributed by atoms with Crippen LogP contribution in [0, 0.1) is 0 Å². The second kappa shape index (κ2) is 32.0. The van der Waals surface area contributed by atoms with Crippen LogP contribution in [-0.2, 0) is 55.2 Å². The minimum atomic E-state index is -0.00564. The Balaban J connectivity index is 0.000000203. The number of rotatable bonds is 15. The summed E-state index contributed by atoms with van der Waals surface area (Å²) in [5.41, 5.74) is 10.9. The predicted octanol–water partition coefficient (Wildman–Crippen LogP) is 16.5. The van der Waals surface area contributed by atoms with Crippen molar-refractivity contribution in [1.29, 1.82) is 0 Å². The average molecular weight is 1140 g/mol. The molecule has 0 aliphatic heterocycles. The SMILES string of the molecule is O=C(C=Cc1ccccc1)C(=Cc1ccccc1)c1ccccc1.O=C(C=Cc1ccccc1)C(=Cc1ccccc1)c1ccccc1.O=C(C=Cc1ccccc1)C(=Cc1ccccc1)c1ccccc1.[Pd].[Pd]. The van der Waals surface area contributed by atoms with E-state index < -0.39 is 0 Å². The molecule has 0 radical (unpaired) electrons. The third-order valence-electron chi connectivity index (χ3n) is 11.1. The summed E-state index contributed by atoms with van der Waals surface area (Å²) in [6, 6.07) is 88.5. The maximum atomic E-state index is 12.8. The zero-order valence-corrected chi connectivity index (χ0v) is 43.6. The van der Waals surface area contributed by atoms with Gasteiger partial charge in [-0.2, -0.15) is 0 Å². The molecule has 0 fully saturated rings. The monoisotopic (exact) mass is 1140 g/mol. The van der Waals surface area contributed by atoms with Crippen molar-refractivity contribution in [2.45, 2.75) is 0 Å². The molecule has 0 aliphatic rings. The molecule has 9 aromatic carbocycles. The Hall–Kier alpha value is -8.25. The van der Waals surface area contributed by atoms with Gasteiger partial charge in [-0.1, -0.05) is 291 Å². The number of carbonyl (C=O) groups excluding carboxylic acids is 3. The predicted molar refractivity (Wildman–Crippen MR) is 304 cm³/mol. The summed E-state index contributed by atoms with van der Waals surface area (Å²) in [6.45, 7) is 0. The van der Waals surface area contributed by atoms with Crippen molar-refractivity contribution in [2.24, 2.45) is 0 Å². The van der Waals surface area contributed by atoms with Crippen molar-refractivity contribution < 1.29 is 55.2 Å². The summed E-state index contributed by atoms with van der Waals surface area (Å²) in [4.78, 5) is 38.3. The third-order valence-corrected chi connectivity index (χ3v) is 11.1. The van der Waals surface area contributed by atoms with Gasteiger partial charge in [0.25, 0.3) is 0 Å². The topological polar surface area (TPSA) is 51.2 Å².